The first-order valence-corrected chi connectivity index (χ1v) is 8.21. The molecular formula is C20H19N3O3. The first-order valence-electron chi connectivity index (χ1n) is 8.21. The van der Waals surface area contributed by atoms with Crippen molar-refractivity contribution in [3.63, 3.8) is 0 Å². The van der Waals surface area contributed by atoms with Gasteiger partial charge in [-0.3, -0.25) is 4.79 Å². The van der Waals surface area contributed by atoms with Crippen molar-refractivity contribution >= 4 is 11.9 Å². The number of carbonyl (C=O) groups is 2. The van der Waals surface area contributed by atoms with Crippen molar-refractivity contribution in [3.05, 3.63) is 84.2 Å². The predicted molar refractivity (Wildman–Crippen MR) is 97.0 cm³/mol. The Morgan fingerprint density at radius 2 is 1.69 bits per heavy atom. The molecule has 0 aliphatic rings. The lowest BCUT2D eigenvalue weighted by atomic mass is 10.1. The van der Waals surface area contributed by atoms with Crippen molar-refractivity contribution < 1.29 is 14.3 Å². The molecule has 6 heteroatoms. The molecule has 132 valence electrons. The number of ether oxygens (including phenoxy) is 1. The van der Waals surface area contributed by atoms with Gasteiger partial charge in [0.15, 0.2) is 0 Å². The van der Waals surface area contributed by atoms with Crippen molar-refractivity contribution in [2.75, 3.05) is 7.11 Å². The minimum atomic E-state index is -0.813. The first kappa shape index (κ1) is 17.4. The number of benzene rings is 2. The average Bonchev–Trinajstić information content (AvgIpc) is 3.16. The van der Waals surface area contributed by atoms with Crippen LogP contribution in [-0.4, -0.2) is 34.8 Å². The summed E-state index contributed by atoms with van der Waals surface area (Å²) in [5.41, 5.74) is 2.08. The summed E-state index contributed by atoms with van der Waals surface area (Å²) in [5, 5.41) is 7.19. The molecule has 1 amide bonds. The van der Waals surface area contributed by atoms with E-state index in [4.69, 9.17) is 4.74 Å². The van der Waals surface area contributed by atoms with Crippen molar-refractivity contribution in [1.82, 2.24) is 15.1 Å². The molecule has 0 unspecified atom stereocenters. The fourth-order valence-electron chi connectivity index (χ4n) is 2.57. The SMILES string of the molecule is COC(=O)[C@H](Cc1ccn(-c2ccccc2)n1)NC(=O)c1ccccc1. The van der Waals surface area contributed by atoms with Crippen LogP contribution in [0, 0.1) is 0 Å². The minimum Gasteiger partial charge on any atom is -0.467 e. The van der Waals surface area contributed by atoms with E-state index in [-0.39, 0.29) is 12.3 Å². The Balaban J connectivity index is 1.74. The Kier molecular flexibility index (Phi) is 5.43. The number of hydrogen-bond acceptors (Lipinski definition) is 4. The monoisotopic (exact) mass is 349 g/mol. The van der Waals surface area contributed by atoms with Crippen LogP contribution in [0.4, 0.5) is 0 Å². The number of rotatable bonds is 6. The second-order valence-electron chi connectivity index (χ2n) is 5.71. The number of aromatic nitrogens is 2. The van der Waals surface area contributed by atoms with Crippen molar-refractivity contribution in [2.45, 2.75) is 12.5 Å². The molecule has 0 aliphatic carbocycles. The number of esters is 1. The van der Waals surface area contributed by atoms with E-state index < -0.39 is 12.0 Å². The number of nitrogens with one attached hydrogen (secondary N) is 1. The molecule has 1 aromatic heterocycles. The zero-order valence-corrected chi connectivity index (χ0v) is 14.3. The Hall–Kier alpha value is -3.41. The van der Waals surface area contributed by atoms with Gasteiger partial charge in [-0.1, -0.05) is 36.4 Å². The van der Waals surface area contributed by atoms with Gasteiger partial charge in [0, 0.05) is 18.2 Å². The fraction of sp³-hybridized carbons (Fsp3) is 0.150. The highest BCUT2D eigenvalue weighted by Crippen LogP contribution is 2.09. The van der Waals surface area contributed by atoms with Gasteiger partial charge in [-0.15, -0.1) is 0 Å². The van der Waals surface area contributed by atoms with Gasteiger partial charge in [-0.2, -0.15) is 5.10 Å². The molecule has 1 atom stereocenters. The van der Waals surface area contributed by atoms with E-state index in [0.29, 0.717) is 11.3 Å². The van der Waals surface area contributed by atoms with Crippen molar-refractivity contribution in [2.24, 2.45) is 0 Å². The van der Waals surface area contributed by atoms with Gasteiger partial charge < -0.3 is 10.1 Å². The molecular weight excluding hydrogens is 330 g/mol. The number of para-hydroxylation sites is 1. The highest BCUT2D eigenvalue weighted by molar-refractivity contribution is 5.96. The van der Waals surface area contributed by atoms with Crippen molar-refractivity contribution in [1.29, 1.82) is 0 Å². The van der Waals surface area contributed by atoms with Gasteiger partial charge in [-0.25, -0.2) is 9.48 Å². The topological polar surface area (TPSA) is 73.2 Å². The standard InChI is InChI=1S/C20H19N3O3/c1-26-20(25)18(21-19(24)15-8-4-2-5-9-15)14-16-12-13-23(22-16)17-10-6-3-7-11-17/h2-13,18H,14H2,1H3,(H,21,24)/t18-/m0/s1. The van der Waals surface area contributed by atoms with Crippen LogP contribution in [0.1, 0.15) is 16.1 Å². The highest BCUT2D eigenvalue weighted by atomic mass is 16.5. The van der Waals surface area contributed by atoms with Crippen LogP contribution >= 0.6 is 0 Å². The summed E-state index contributed by atoms with van der Waals surface area (Å²) in [6, 6.07) is 19.4. The normalized spacial score (nSPS) is 11.6. The lowest BCUT2D eigenvalue weighted by Gasteiger charge is -2.15. The molecule has 1 N–H and O–H groups in total. The van der Waals surface area contributed by atoms with E-state index in [2.05, 4.69) is 10.4 Å². The lowest BCUT2D eigenvalue weighted by Crippen LogP contribution is -2.43. The molecule has 2 aromatic carbocycles. The third-order valence-corrected chi connectivity index (χ3v) is 3.91. The molecule has 3 rings (SSSR count). The number of hydrogen-bond donors (Lipinski definition) is 1. The Bertz CT molecular complexity index is 876. The molecule has 1 heterocycles. The molecule has 0 radical (unpaired) electrons. The minimum absolute atomic E-state index is 0.241. The average molecular weight is 349 g/mol. The van der Waals surface area contributed by atoms with Gasteiger partial charge in [0.2, 0.25) is 0 Å². The van der Waals surface area contributed by atoms with Crippen LogP contribution in [0.25, 0.3) is 5.69 Å². The van der Waals surface area contributed by atoms with E-state index in [1.54, 1.807) is 28.9 Å². The molecule has 0 fully saturated rings. The van der Waals surface area contributed by atoms with Crippen LogP contribution in [0.5, 0.6) is 0 Å². The van der Waals surface area contributed by atoms with E-state index >= 15 is 0 Å². The summed E-state index contributed by atoms with van der Waals surface area (Å²) in [7, 11) is 1.30. The Morgan fingerprint density at radius 1 is 1.04 bits per heavy atom. The number of methoxy groups -OCH3 is 1. The molecule has 3 aromatic rings. The summed E-state index contributed by atoms with van der Waals surface area (Å²) in [6.45, 7) is 0. The highest BCUT2D eigenvalue weighted by Gasteiger charge is 2.23. The number of nitrogens with zero attached hydrogens (tertiary/aromatic N) is 2. The largest absolute Gasteiger partial charge is 0.467 e. The molecule has 0 saturated carbocycles. The summed E-state index contributed by atoms with van der Waals surface area (Å²) in [4.78, 5) is 24.4. The van der Waals surface area contributed by atoms with Gasteiger partial charge >= 0.3 is 5.97 Å². The summed E-state index contributed by atoms with van der Waals surface area (Å²) >= 11 is 0. The zero-order chi connectivity index (χ0) is 18.4. The second-order valence-corrected chi connectivity index (χ2v) is 5.71. The molecule has 0 saturated heterocycles. The second kappa shape index (κ2) is 8.11. The third kappa shape index (κ3) is 4.16. The third-order valence-electron chi connectivity index (χ3n) is 3.91. The summed E-state index contributed by atoms with van der Waals surface area (Å²) in [6.07, 6.45) is 2.06. The quantitative estimate of drug-likeness (QED) is 0.694. The summed E-state index contributed by atoms with van der Waals surface area (Å²) in [5.74, 6) is -0.841. The van der Waals surface area contributed by atoms with Crippen LogP contribution in [0.15, 0.2) is 72.9 Å². The van der Waals surface area contributed by atoms with Gasteiger partial charge in [-0.05, 0) is 30.3 Å². The van der Waals surface area contributed by atoms with E-state index in [9.17, 15) is 9.59 Å². The summed E-state index contributed by atoms with van der Waals surface area (Å²) < 4.78 is 6.55. The first-order chi connectivity index (χ1) is 12.7. The van der Waals surface area contributed by atoms with Crippen LogP contribution in [0.3, 0.4) is 0 Å². The number of carbonyl (C=O) groups excluding carboxylic acids is 2. The molecule has 0 aliphatic heterocycles. The number of amides is 1. The maximum absolute atomic E-state index is 12.3. The Morgan fingerprint density at radius 3 is 2.35 bits per heavy atom. The van der Waals surface area contributed by atoms with Gasteiger partial charge in [0.05, 0.1) is 18.5 Å². The van der Waals surface area contributed by atoms with Crippen LogP contribution in [-0.2, 0) is 16.0 Å². The maximum Gasteiger partial charge on any atom is 0.328 e. The molecule has 0 spiro atoms. The van der Waals surface area contributed by atoms with Gasteiger partial charge in [0.1, 0.15) is 6.04 Å². The van der Waals surface area contributed by atoms with E-state index in [1.165, 1.54) is 7.11 Å². The lowest BCUT2D eigenvalue weighted by molar-refractivity contribution is -0.142. The predicted octanol–water partition coefficient (Wildman–Crippen LogP) is 2.39. The zero-order valence-electron chi connectivity index (χ0n) is 14.3. The fourth-order valence-corrected chi connectivity index (χ4v) is 2.57. The Labute approximate surface area is 151 Å². The van der Waals surface area contributed by atoms with E-state index in [0.717, 1.165) is 5.69 Å². The maximum atomic E-state index is 12.3. The molecule has 6 nitrogen and oxygen atoms in total. The van der Waals surface area contributed by atoms with Crippen molar-refractivity contribution in [3.8, 4) is 5.69 Å². The molecule has 0 bridgehead atoms. The molecule has 26 heavy (non-hydrogen) atoms. The van der Waals surface area contributed by atoms with Crippen LogP contribution in [0.2, 0.25) is 0 Å². The van der Waals surface area contributed by atoms with Gasteiger partial charge in [0.25, 0.3) is 5.91 Å². The van der Waals surface area contributed by atoms with Crippen LogP contribution < -0.4 is 5.32 Å². The van der Waals surface area contributed by atoms with E-state index in [1.807, 2.05) is 48.7 Å². The smallest absolute Gasteiger partial charge is 0.328 e.